The first-order valence-electron chi connectivity index (χ1n) is 7.29. The van der Waals surface area contributed by atoms with Gasteiger partial charge in [0.25, 0.3) is 0 Å². The van der Waals surface area contributed by atoms with Gasteiger partial charge in [-0.25, -0.2) is 0 Å². The lowest BCUT2D eigenvalue weighted by Crippen LogP contribution is -2.42. The molecule has 2 aliphatic rings. The summed E-state index contributed by atoms with van der Waals surface area (Å²) >= 11 is 0. The molecule has 2 rings (SSSR count). The van der Waals surface area contributed by atoms with Crippen molar-refractivity contribution in [2.24, 2.45) is 17.6 Å². The van der Waals surface area contributed by atoms with Gasteiger partial charge < -0.3 is 15.7 Å². The number of hydrogen-bond donors (Lipinski definition) is 2. The van der Waals surface area contributed by atoms with Crippen LogP contribution in [0.3, 0.4) is 0 Å². The zero-order chi connectivity index (χ0) is 13.1. The summed E-state index contributed by atoms with van der Waals surface area (Å²) in [6.45, 7) is 3.45. The fraction of sp³-hybridized carbons (Fsp3) is 0.929. The third-order valence-corrected chi connectivity index (χ3v) is 4.73. The Hall–Kier alpha value is -0.320. The maximum Gasteiger partial charge on any atom is 0.222 e. The van der Waals surface area contributed by atoms with Gasteiger partial charge in [-0.05, 0) is 44.4 Å². The second-order valence-electron chi connectivity index (χ2n) is 6.02. The van der Waals surface area contributed by atoms with E-state index in [2.05, 4.69) is 0 Å². The summed E-state index contributed by atoms with van der Waals surface area (Å²) < 4.78 is 0. The van der Waals surface area contributed by atoms with Crippen molar-refractivity contribution < 1.29 is 9.90 Å². The van der Waals surface area contributed by atoms with E-state index in [0.717, 1.165) is 38.8 Å². The molecule has 1 saturated carbocycles. The van der Waals surface area contributed by atoms with Crippen LogP contribution in [0.2, 0.25) is 0 Å². The molecule has 0 aromatic carbocycles. The number of nitrogens with zero attached hydrogens (tertiary/aromatic N) is 1. The van der Waals surface area contributed by atoms with Crippen molar-refractivity contribution in [3.63, 3.8) is 0 Å². The zero-order valence-electron chi connectivity index (χ0n) is 11.8. The number of amides is 1. The Morgan fingerprint density at radius 2 is 1.95 bits per heavy atom. The molecule has 2 fully saturated rings. The van der Waals surface area contributed by atoms with E-state index < -0.39 is 0 Å². The van der Waals surface area contributed by atoms with E-state index in [9.17, 15) is 9.90 Å². The number of rotatable bonds is 3. The summed E-state index contributed by atoms with van der Waals surface area (Å²) in [6, 6.07) is 0.226. The molecular weight excluding hydrogens is 264 g/mol. The van der Waals surface area contributed by atoms with E-state index in [1.165, 1.54) is 6.42 Å². The number of halogens is 1. The van der Waals surface area contributed by atoms with Gasteiger partial charge in [-0.3, -0.25) is 4.79 Å². The lowest BCUT2D eigenvalue weighted by molar-refractivity contribution is -0.134. The Morgan fingerprint density at radius 1 is 1.32 bits per heavy atom. The highest BCUT2D eigenvalue weighted by Gasteiger charge is 2.30. The van der Waals surface area contributed by atoms with Crippen molar-refractivity contribution in [3.05, 3.63) is 0 Å². The first kappa shape index (κ1) is 16.7. The minimum atomic E-state index is -0.245. The van der Waals surface area contributed by atoms with Gasteiger partial charge in [-0.15, -0.1) is 12.4 Å². The molecule has 1 heterocycles. The zero-order valence-corrected chi connectivity index (χ0v) is 12.6. The fourth-order valence-electron chi connectivity index (χ4n) is 3.30. The van der Waals surface area contributed by atoms with Crippen molar-refractivity contribution in [2.45, 2.75) is 57.6 Å². The average molecular weight is 291 g/mol. The van der Waals surface area contributed by atoms with E-state index >= 15 is 0 Å². The highest BCUT2D eigenvalue weighted by Crippen LogP contribution is 2.28. The molecule has 112 valence electrons. The summed E-state index contributed by atoms with van der Waals surface area (Å²) in [5, 5.41) is 9.55. The summed E-state index contributed by atoms with van der Waals surface area (Å²) in [5.41, 5.74) is 6.01. The van der Waals surface area contributed by atoms with Crippen LogP contribution in [0.15, 0.2) is 0 Å². The number of likely N-dealkylation sites (tertiary alicyclic amines) is 1. The fourth-order valence-corrected chi connectivity index (χ4v) is 3.30. The van der Waals surface area contributed by atoms with Gasteiger partial charge in [0.2, 0.25) is 5.91 Å². The molecule has 1 aliphatic carbocycles. The highest BCUT2D eigenvalue weighted by atomic mass is 35.5. The first-order valence-corrected chi connectivity index (χ1v) is 7.29. The van der Waals surface area contributed by atoms with Crippen molar-refractivity contribution >= 4 is 18.3 Å². The van der Waals surface area contributed by atoms with E-state index in [4.69, 9.17) is 5.73 Å². The molecule has 5 heteroatoms. The summed E-state index contributed by atoms with van der Waals surface area (Å²) in [6.07, 6.45) is 5.59. The monoisotopic (exact) mass is 290 g/mol. The first-order chi connectivity index (χ1) is 8.58. The SMILES string of the molecule is CC(O)C1CCN(C(=O)C[C@@H]2CCC[C@H]2N)CC1.Cl. The van der Waals surface area contributed by atoms with Gasteiger partial charge in [-0.1, -0.05) is 6.42 Å². The largest absolute Gasteiger partial charge is 0.393 e. The Morgan fingerprint density at radius 3 is 2.42 bits per heavy atom. The third-order valence-electron chi connectivity index (χ3n) is 4.73. The number of aliphatic hydroxyl groups is 1. The van der Waals surface area contributed by atoms with Crippen LogP contribution >= 0.6 is 12.4 Å². The number of hydrogen-bond acceptors (Lipinski definition) is 3. The van der Waals surface area contributed by atoms with Crippen LogP contribution in [-0.4, -0.2) is 41.1 Å². The summed E-state index contributed by atoms with van der Waals surface area (Å²) in [4.78, 5) is 14.1. The van der Waals surface area contributed by atoms with Crippen LogP contribution in [0, 0.1) is 11.8 Å². The van der Waals surface area contributed by atoms with Crippen LogP contribution < -0.4 is 5.73 Å². The predicted octanol–water partition coefficient (Wildman–Crippen LogP) is 1.55. The highest BCUT2D eigenvalue weighted by molar-refractivity contribution is 5.85. The molecule has 1 amide bonds. The maximum absolute atomic E-state index is 12.2. The molecule has 0 aromatic rings. The molecule has 3 N–H and O–H groups in total. The Balaban J connectivity index is 0.00000180. The van der Waals surface area contributed by atoms with Crippen LogP contribution in [0.1, 0.15) is 45.4 Å². The van der Waals surface area contributed by atoms with Gasteiger partial charge >= 0.3 is 0 Å². The Labute approximate surface area is 122 Å². The third kappa shape index (κ3) is 4.33. The standard InChI is InChI=1S/C14H26N2O2.ClH/c1-10(17)11-5-7-16(8-6-11)14(18)9-12-3-2-4-13(12)15;/h10-13,17H,2-9,15H2,1H3;1H/t10?,12-,13+;/m0./s1. The number of piperidine rings is 1. The lowest BCUT2D eigenvalue weighted by Gasteiger charge is -2.34. The molecular formula is C14H27ClN2O2. The van der Waals surface area contributed by atoms with Crippen molar-refractivity contribution in [2.75, 3.05) is 13.1 Å². The van der Waals surface area contributed by atoms with E-state index in [1.54, 1.807) is 0 Å². The van der Waals surface area contributed by atoms with E-state index in [-0.39, 0.29) is 30.5 Å². The van der Waals surface area contributed by atoms with Gasteiger partial charge in [0, 0.05) is 25.6 Å². The molecule has 0 radical (unpaired) electrons. The normalized spacial score (nSPS) is 29.9. The van der Waals surface area contributed by atoms with Crippen molar-refractivity contribution in [1.82, 2.24) is 4.90 Å². The molecule has 1 aliphatic heterocycles. The smallest absolute Gasteiger partial charge is 0.222 e. The molecule has 4 nitrogen and oxygen atoms in total. The number of nitrogens with two attached hydrogens (primary N) is 1. The molecule has 0 bridgehead atoms. The second kappa shape index (κ2) is 7.46. The Bertz CT molecular complexity index is 291. The topological polar surface area (TPSA) is 66.6 Å². The van der Waals surface area contributed by atoms with Gasteiger partial charge in [0.1, 0.15) is 0 Å². The quantitative estimate of drug-likeness (QED) is 0.829. The molecule has 3 atom stereocenters. The van der Waals surface area contributed by atoms with Crippen molar-refractivity contribution in [3.8, 4) is 0 Å². The van der Waals surface area contributed by atoms with Crippen molar-refractivity contribution in [1.29, 1.82) is 0 Å². The van der Waals surface area contributed by atoms with Gasteiger partial charge in [-0.2, -0.15) is 0 Å². The maximum atomic E-state index is 12.2. The summed E-state index contributed by atoms with van der Waals surface area (Å²) in [5.74, 6) is 1.02. The predicted molar refractivity (Wildman–Crippen MR) is 78.2 cm³/mol. The van der Waals surface area contributed by atoms with Crippen LogP contribution in [0.25, 0.3) is 0 Å². The lowest BCUT2D eigenvalue weighted by atomic mass is 9.91. The average Bonchev–Trinajstić information content (AvgIpc) is 2.75. The van der Waals surface area contributed by atoms with Gasteiger partial charge in [0.15, 0.2) is 0 Å². The Kier molecular flexibility index (Phi) is 6.57. The molecule has 0 spiro atoms. The second-order valence-corrected chi connectivity index (χ2v) is 6.02. The van der Waals surface area contributed by atoms with Crippen LogP contribution in [0.4, 0.5) is 0 Å². The number of carbonyl (C=O) groups excluding carboxylic acids is 1. The molecule has 0 aromatic heterocycles. The number of aliphatic hydroxyl groups excluding tert-OH is 1. The molecule has 1 unspecified atom stereocenters. The molecule has 1 saturated heterocycles. The molecule has 19 heavy (non-hydrogen) atoms. The van der Waals surface area contributed by atoms with E-state index in [0.29, 0.717) is 18.3 Å². The van der Waals surface area contributed by atoms with Crippen LogP contribution in [0.5, 0.6) is 0 Å². The van der Waals surface area contributed by atoms with Crippen LogP contribution in [-0.2, 0) is 4.79 Å². The summed E-state index contributed by atoms with van der Waals surface area (Å²) in [7, 11) is 0. The minimum absolute atomic E-state index is 0. The van der Waals surface area contributed by atoms with E-state index in [1.807, 2.05) is 11.8 Å². The number of carbonyl (C=O) groups is 1. The van der Waals surface area contributed by atoms with Gasteiger partial charge in [0.05, 0.1) is 6.10 Å². The minimum Gasteiger partial charge on any atom is -0.393 e.